The summed E-state index contributed by atoms with van der Waals surface area (Å²) in [5.74, 6) is 1.08. The number of hydrogen-bond donors (Lipinski definition) is 1. The zero-order valence-electron chi connectivity index (χ0n) is 27.1. The molecule has 0 bridgehead atoms. The minimum absolute atomic E-state index is 0.114. The molecule has 1 atom stereocenters. The van der Waals surface area contributed by atoms with Gasteiger partial charge < -0.3 is 15.0 Å². The standard InChI is InChI=1S/C38H39N5O5S/c44-37(40-24-21-39-22-25-40)36-35(30-13-4-1-5-14-30)43(31-15-11-23-41(28-31)49(46,47)34-19-8-3-9-20-34)38(45)42(36)27-29-12-10-18-33(26-29)48-32-16-6-2-7-17-32/h1-10,12-14,16-20,26,31,39H,11,15,21-25,27-28H2. The largest absolute Gasteiger partial charge is 0.457 e. The maximum absolute atomic E-state index is 14.8. The number of aromatic nitrogens is 2. The van der Waals surface area contributed by atoms with Crippen molar-refractivity contribution in [2.75, 3.05) is 39.3 Å². The molecule has 10 nitrogen and oxygen atoms in total. The van der Waals surface area contributed by atoms with Crippen molar-refractivity contribution in [2.45, 2.75) is 30.3 Å². The molecule has 1 N–H and O–H groups in total. The van der Waals surface area contributed by atoms with Gasteiger partial charge in [-0.15, -0.1) is 0 Å². The third-order valence-corrected chi connectivity index (χ3v) is 11.0. The third kappa shape index (κ3) is 6.82. The molecule has 252 valence electrons. The number of carbonyl (C=O) groups excluding carboxylic acids is 1. The smallest absolute Gasteiger partial charge is 0.329 e. The van der Waals surface area contributed by atoms with Crippen LogP contribution >= 0.6 is 0 Å². The molecule has 2 aliphatic rings. The van der Waals surface area contributed by atoms with Crippen LogP contribution in [-0.4, -0.2) is 71.9 Å². The lowest BCUT2D eigenvalue weighted by Crippen LogP contribution is -2.47. The SMILES string of the molecule is O=C(c1c(-c2ccccc2)n(C2CCCN(S(=O)(=O)c3ccccc3)C2)c(=O)n1Cc1cccc(Oc2ccccc2)c1)N1CCNCC1. The summed E-state index contributed by atoms with van der Waals surface area (Å²) in [5, 5.41) is 3.30. The number of hydrogen-bond acceptors (Lipinski definition) is 6. The number of nitrogens with zero attached hydrogens (tertiary/aromatic N) is 4. The average molecular weight is 678 g/mol. The van der Waals surface area contributed by atoms with Crippen LogP contribution in [0.25, 0.3) is 11.3 Å². The fraction of sp³-hybridized carbons (Fsp3) is 0.263. The minimum atomic E-state index is -3.79. The van der Waals surface area contributed by atoms with E-state index in [9.17, 15) is 18.0 Å². The first kappa shape index (κ1) is 32.6. The van der Waals surface area contributed by atoms with Crippen LogP contribution in [0.3, 0.4) is 0 Å². The Morgan fingerprint density at radius 3 is 2.16 bits per heavy atom. The zero-order valence-corrected chi connectivity index (χ0v) is 28.0. The second-order valence-electron chi connectivity index (χ2n) is 12.4. The van der Waals surface area contributed by atoms with Crippen LogP contribution in [0.5, 0.6) is 11.5 Å². The summed E-state index contributed by atoms with van der Waals surface area (Å²) in [6, 6.07) is 34.4. The van der Waals surface area contributed by atoms with E-state index in [1.807, 2.05) is 84.9 Å². The highest BCUT2D eigenvalue weighted by atomic mass is 32.2. The number of sulfonamides is 1. The van der Waals surface area contributed by atoms with Gasteiger partial charge in [-0.1, -0.05) is 78.9 Å². The molecule has 2 aliphatic heterocycles. The molecule has 1 amide bonds. The van der Waals surface area contributed by atoms with E-state index in [-0.39, 0.29) is 29.6 Å². The van der Waals surface area contributed by atoms with Crippen molar-refractivity contribution in [2.24, 2.45) is 0 Å². The summed E-state index contributed by atoms with van der Waals surface area (Å²) in [6.45, 7) is 2.94. The van der Waals surface area contributed by atoms with Gasteiger partial charge in [-0.2, -0.15) is 4.31 Å². The summed E-state index contributed by atoms with van der Waals surface area (Å²) in [6.07, 6.45) is 1.16. The number of piperidine rings is 1. The second kappa shape index (κ2) is 14.3. The Morgan fingerprint density at radius 1 is 0.796 bits per heavy atom. The van der Waals surface area contributed by atoms with Gasteiger partial charge in [-0.05, 0) is 54.8 Å². The van der Waals surface area contributed by atoms with E-state index in [0.29, 0.717) is 68.5 Å². The summed E-state index contributed by atoms with van der Waals surface area (Å²) in [4.78, 5) is 31.4. The zero-order chi connectivity index (χ0) is 33.8. The van der Waals surface area contributed by atoms with Crippen molar-refractivity contribution in [3.8, 4) is 22.8 Å². The minimum Gasteiger partial charge on any atom is -0.457 e. The molecule has 0 spiro atoms. The van der Waals surface area contributed by atoms with Crippen molar-refractivity contribution >= 4 is 15.9 Å². The molecule has 4 aromatic carbocycles. The topological polar surface area (TPSA) is 106 Å². The molecule has 0 saturated carbocycles. The summed E-state index contributed by atoms with van der Waals surface area (Å²) >= 11 is 0. The normalized spacial score (nSPS) is 17.1. The van der Waals surface area contributed by atoms with E-state index >= 15 is 0 Å². The molecule has 2 fully saturated rings. The number of imidazole rings is 1. The fourth-order valence-electron chi connectivity index (χ4n) is 6.76. The molecule has 5 aromatic rings. The number of benzene rings is 4. The van der Waals surface area contributed by atoms with Gasteiger partial charge in [0, 0.05) is 44.8 Å². The number of carbonyl (C=O) groups is 1. The van der Waals surface area contributed by atoms with Gasteiger partial charge in [0.15, 0.2) is 0 Å². The van der Waals surface area contributed by atoms with Crippen molar-refractivity contribution in [1.82, 2.24) is 23.7 Å². The predicted molar refractivity (Wildman–Crippen MR) is 188 cm³/mol. The Morgan fingerprint density at radius 2 is 1.45 bits per heavy atom. The lowest BCUT2D eigenvalue weighted by Gasteiger charge is -2.33. The number of ether oxygens (including phenoxy) is 1. The van der Waals surface area contributed by atoms with Crippen LogP contribution in [0.1, 0.15) is 34.9 Å². The highest BCUT2D eigenvalue weighted by molar-refractivity contribution is 7.89. The molecule has 49 heavy (non-hydrogen) atoms. The van der Waals surface area contributed by atoms with Crippen LogP contribution in [0.2, 0.25) is 0 Å². The van der Waals surface area contributed by atoms with E-state index in [0.717, 1.165) is 11.1 Å². The molecule has 1 unspecified atom stereocenters. The molecule has 11 heteroatoms. The number of para-hydroxylation sites is 1. The van der Waals surface area contributed by atoms with Gasteiger partial charge in [0.1, 0.15) is 17.2 Å². The first-order valence-corrected chi connectivity index (χ1v) is 18.1. The first-order chi connectivity index (χ1) is 23.9. The predicted octanol–water partition coefficient (Wildman–Crippen LogP) is 5.23. The molecule has 1 aromatic heterocycles. The van der Waals surface area contributed by atoms with Gasteiger partial charge >= 0.3 is 5.69 Å². The van der Waals surface area contributed by atoms with Gasteiger partial charge in [0.25, 0.3) is 5.91 Å². The van der Waals surface area contributed by atoms with E-state index < -0.39 is 16.1 Å². The lowest BCUT2D eigenvalue weighted by atomic mass is 10.0. The summed E-state index contributed by atoms with van der Waals surface area (Å²) in [7, 11) is -3.79. The Labute approximate surface area is 286 Å². The Bertz CT molecular complexity index is 2080. The quantitative estimate of drug-likeness (QED) is 0.229. The Kier molecular flexibility index (Phi) is 9.47. The Hall–Kier alpha value is -4.97. The number of nitrogens with one attached hydrogen (secondary N) is 1. The fourth-order valence-corrected chi connectivity index (χ4v) is 8.30. The van der Waals surface area contributed by atoms with Crippen LogP contribution in [0, 0.1) is 0 Å². The van der Waals surface area contributed by atoms with E-state index in [1.54, 1.807) is 44.4 Å². The molecule has 2 saturated heterocycles. The maximum Gasteiger partial charge on any atom is 0.329 e. The molecular weight excluding hydrogens is 639 g/mol. The van der Waals surface area contributed by atoms with E-state index in [1.165, 1.54) is 4.31 Å². The highest BCUT2D eigenvalue weighted by Gasteiger charge is 2.37. The number of amides is 1. The maximum atomic E-state index is 14.8. The molecule has 3 heterocycles. The van der Waals surface area contributed by atoms with Crippen LogP contribution in [-0.2, 0) is 16.6 Å². The summed E-state index contributed by atoms with van der Waals surface area (Å²) < 4.78 is 38.3. The lowest BCUT2D eigenvalue weighted by molar-refractivity contribution is 0.0725. The van der Waals surface area contributed by atoms with Crippen molar-refractivity contribution in [3.63, 3.8) is 0 Å². The van der Waals surface area contributed by atoms with Gasteiger partial charge in [-0.25, -0.2) is 13.2 Å². The highest BCUT2D eigenvalue weighted by Crippen LogP contribution is 2.33. The number of piperazine rings is 1. The monoisotopic (exact) mass is 677 g/mol. The molecule has 0 aliphatic carbocycles. The average Bonchev–Trinajstić information content (AvgIpc) is 3.44. The van der Waals surface area contributed by atoms with Crippen molar-refractivity contribution in [1.29, 1.82) is 0 Å². The van der Waals surface area contributed by atoms with Crippen LogP contribution in [0.4, 0.5) is 0 Å². The van der Waals surface area contributed by atoms with Gasteiger partial charge in [0.2, 0.25) is 10.0 Å². The molecule has 7 rings (SSSR count). The molecule has 0 radical (unpaired) electrons. The summed E-state index contributed by atoms with van der Waals surface area (Å²) in [5.41, 5.74) is 1.97. The van der Waals surface area contributed by atoms with Gasteiger partial charge in [0.05, 0.1) is 23.2 Å². The Balaban J connectivity index is 1.35. The number of rotatable bonds is 9. The first-order valence-electron chi connectivity index (χ1n) is 16.7. The second-order valence-corrected chi connectivity index (χ2v) is 14.3. The van der Waals surface area contributed by atoms with Crippen LogP contribution < -0.4 is 15.7 Å². The van der Waals surface area contributed by atoms with Crippen molar-refractivity contribution in [3.05, 3.63) is 137 Å². The van der Waals surface area contributed by atoms with Crippen molar-refractivity contribution < 1.29 is 17.9 Å². The third-order valence-electron chi connectivity index (χ3n) is 9.15. The van der Waals surface area contributed by atoms with Gasteiger partial charge in [-0.3, -0.25) is 13.9 Å². The molecular formula is C38H39N5O5S. The van der Waals surface area contributed by atoms with E-state index in [2.05, 4.69) is 5.32 Å². The van der Waals surface area contributed by atoms with E-state index in [4.69, 9.17) is 4.74 Å². The van der Waals surface area contributed by atoms with Crippen LogP contribution in [0.15, 0.2) is 125 Å².